The molecule has 4 heteroatoms. The van der Waals surface area contributed by atoms with Gasteiger partial charge in [0.2, 0.25) is 0 Å². The van der Waals surface area contributed by atoms with Crippen LogP contribution in [0.15, 0.2) is 35.4 Å². The SMILES string of the molecule is O=C(O)C(C(=O)O)=C1Cc2ccccc2C1. The lowest BCUT2D eigenvalue weighted by molar-refractivity contribution is -0.140. The van der Waals surface area contributed by atoms with Gasteiger partial charge in [0.15, 0.2) is 0 Å². The molecule has 0 bridgehead atoms. The van der Waals surface area contributed by atoms with Crippen LogP contribution < -0.4 is 0 Å². The smallest absolute Gasteiger partial charge is 0.343 e. The van der Waals surface area contributed by atoms with E-state index in [-0.39, 0.29) is 0 Å². The summed E-state index contributed by atoms with van der Waals surface area (Å²) < 4.78 is 0. The van der Waals surface area contributed by atoms with E-state index in [1.54, 1.807) is 0 Å². The number of fused-ring (bicyclic) bond motifs is 1. The highest BCUT2D eigenvalue weighted by molar-refractivity contribution is 6.13. The third-order valence-corrected chi connectivity index (χ3v) is 2.71. The second-order valence-corrected chi connectivity index (χ2v) is 3.71. The monoisotopic (exact) mass is 218 g/mol. The lowest BCUT2D eigenvalue weighted by Gasteiger charge is -2.00. The molecule has 0 heterocycles. The molecule has 1 aromatic rings. The number of allylic oxidation sites excluding steroid dienone is 1. The maximum Gasteiger partial charge on any atom is 0.343 e. The van der Waals surface area contributed by atoms with Crippen LogP contribution in [0.2, 0.25) is 0 Å². The van der Waals surface area contributed by atoms with Crippen LogP contribution in [-0.4, -0.2) is 22.2 Å². The van der Waals surface area contributed by atoms with E-state index >= 15 is 0 Å². The number of aliphatic carboxylic acids is 2. The van der Waals surface area contributed by atoms with Gasteiger partial charge in [-0.15, -0.1) is 0 Å². The van der Waals surface area contributed by atoms with E-state index in [0.717, 1.165) is 11.1 Å². The van der Waals surface area contributed by atoms with E-state index < -0.39 is 17.5 Å². The molecule has 2 N–H and O–H groups in total. The third kappa shape index (κ3) is 1.69. The van der Waals surface area contributed by atoms with Crippen molar-refractivity contribution in [2.75, 3.05) is 0 Å². The number of benzene rings is 1. The van der Waals surface area contributed by atoms with Gasteiger partial charge in [0.25, 0.3) is 0 Å². The van der Waals surface area contributed by atoms with Crippen molar-refractivity contribution in [2.24, 2.45) is 0 Å². The molecule has 4 nitrogen and oxygen atoms in total. The minimum absolute atomic E-state index is 0.421. The van der Waals surface area contributed by atoms with Crippen LogP contribution in [0.5, 0.6) is 0 Å². The molecule has 1 aliphatic carbocycles. The fourth-order valence-electron chi connectivity index (χ4n) is 2.00. The highest BCUT2D eigenvalue weighted by Gasteiger charge is 2.26. The number of hydrogen-bond donors (Lipinski definition) is 2. The molecule has 16 heavy (non-hydrogen) atoms. The summed E-state index contributed by atoms with van der Waals surface area (Å²) in [7, 11) is 0. The first-order chi connectivity index (χ1) is 7.59. The van der Waals surface area contributed by atoms with Gasteiger partial charge in [-0.2, -0.15) is 0 Å². The van der Waals surface area contributed by atoms with E-state index in [2.05, 4.69) is 0 Å². The Morgan fingerprint density at radius 1 is 0.938 bits per heavy atom. The van der Waals surface area contributed by atoms with Crippen LogP contribution in [0.4, 0.5) is 0 Å². The first-order valence-electron chi connectivity index (χ1n) is 4.85. The zero-order valence-corrected chi connectivity index (χ0v) is 8.43. The average molecular weight is 218 g/mol. The summed E-state index contributed by atoms with van der Waals surface area (Å²) in [6.45, 7) is 0. The van der Waals surface area contributed by atoms with Crippen LogP contribution in [0, 0.1) is 0 Å². The van der Waals surface area contributed by atoms with Gasteiger partial charge in [-0.05, 0) is 29.5 Å². The Morgan fingerprint density at radius 2 is 1.38 bits per heavy atom. The molecular formula is C12H10O4. The number of rotatable bonds is 2. The molecule has 1 aliphatic rings. The molecule has 0 spiro atoms. The van der Waals surface area contributed by atoms with Crippen LogP contribution in [-0.2, 0) is 22.4 Å². The zero-order valence-electron chi connectivity index (χ0n) is 8.43. The summed E-state index contributed by atoms with van der Waals surface area (Å²) in [4.78, 5) is 21.7. The van der Waals surface area contributed by atoms with Crippen molar-refractivity contribution < 1.29 is 19.8 Å². The van der Waals surface area contributed by atoms with Crippen LogP contribution >= 0.6 is 0 Å². The van der Waals surface area contributed by atoms with Crippen LogP contribution in [0.1, 0.15) is 11.1 Å². The highest BCUT2D eigenvalue weighted by atomic mass is 16.4. The summed E-state index contributed by atoms with van der Waals surface area (Å²) in [5, 5.41) is 17.7. The molecule has 0 radical (unpaired) electrons. The average Bonchev–Trinajstić information content (AvgIpc) is 2.58. The van der Waals surface area contributed by atoms with E-state index in [0.29, 0.717) is 18.4 Å². The van der Waals surface area contributed by atoms with Gasteiger partial charge in [0.1, 0.15) is 5.57 Å². The largest absolute Gasteiger partial charge is 0.477 e. The molecule has 1 aromatic carbocycles. The van der Waals surface area contributed by atoms with Crippen LogP contribution in [0.3, 0.4) is 0 Å². The fraction of sp³-hybridized carbons (Fsp3) is 0.167. The molecule has 0 saturated carbocycles. The molecular weight excluding hydrogens is 208 g/mol. The number of carbonyl (C=O) groups is 2. The van der Waals surface area contributed by atoms with Crippen molar-refractivity contribution >= 4 is 11.9 Å². The third-order valence-electron chi connectivity index (χ3n) is 2.71. The van der Waals surface area contributed by atoms with Gasteiger partial charge in [-0.25, -0.2) is 9.59 Å². The lowest BCUT2D eigenvalue weighted by atomic mass is 10.1. The minimum atomic E-state index is -1.37. The van der Waals surface area contributed by atoms with E-state index in [1.165, 1.54) is 0 Å². The number of carboxylic acids is 2. The fourth-order valence-corrected chi connectivity index (χ4v) is 2.00. The summed E-state index contributed by atoms with van der Waals surface area (Å²) >= 11 is 0. The quantitative estimate of drug-likeness (QED) is 0.445. The number of hydrogen-bond acceptors (Lipinski definition) is 2. The first-order valence-corrected chi connectivity index (χ1v) is 4.85. The van der Waals surface area contributed by atoms with Gasteiger partial charge in [0, 0.05) is 0 Å². The molecule has 0 fully saturated rings. The molecule has 2 rings (SSSR count). The summed E-state index contributed by atoms with van der Waals surface area (Å²) in [5.41, 5.74) is 2.01. The maximum atomic E-state index is 10.8. The Bertz CT molecular complexity index is 456. The van der Waals surface area contributed by atoms with Crippen molar-refractivity contribution in [2.45, 2.75) is 12.8 Å². The topological polar surface area (TPSA) is 74.6 Å². The minimum Gasteiger partial charge on any atom is -0.477 e. The first kappa shape index (κ1) is 10.4. The van der Waals surface area contributed by atoms with Gasteiger partial charge in [-0.1, -0.05) is 24.3 Å². The van der Waals surface area contributed by atoms with Gasteiger partial charge in [0.05, 0.1) is 0 Å². The van der Waals surface area contributed by atoms with Gasteiger partial charge < -0.3 is 10.2 Å². The predicted octanol–water partition coefficient (Wildman–Crippen LogP) is 1.25. The van der Waals surface area contributed by atoms with E-state index in [9.17, 15) is 9.59 Å². The van der Waals surface area contributed by atoms with Gasteiger partial charge >= 0.3 is 11.9 Å². The Kier molecular flexibility index (Phi) is 2.48. The molecule has 0 aliphatic heterocycles. The Morgan fingerprint density at radius 3 is 1.75 bits per heavy atom. The normalized spacial score (nSPS) is 13.4. The van der Waals surface area contributed by atoms with Crippen molar-refractivity contribution in [1.29, 1.82) is 0 Å². The molecule has 0 saturated heterocycles. The zero-order chi connectivity index (χ0) is 11.7. The molecule has 0 unspecified atom stereocenters. The standard InChI is InChI=1S/C12H10O4/c13-11(14)10(12(15)16)9-5-7-3-1-2-4-8(7)6-9/h1-4H,5-6H2,(H,13,14)(H,15,16). The lowest BCUT2D eigenvalue weighted by Crippen LogP contribution is -2.14. The van der Waals surface area contributed by atoms with Crippen molar-refractivity contribution in [3.8, 4) is 0 Å². The summed E-state index contributed by atoms with van der Waals surface area (Å²) in [5.74, 6) is -2.73. The van der Waals surface area contributed by atoms with Gasteiger partial charge in [-0.3, -0.25) is 0 Å². The van der Waals surface area contributed by atoms with Crippen molar-refractivity contribution in [3.05, 3.63) is 46.5 Å². The Hall–Kier alpha value is -2.10. The highest BCUT2D eigenvalue weighted by Crippen LogP contribution is 2.28. The van der Waals surface area contributed by atoms with E-state index in [4.69, 9.17) is 10.2 Å². The van der Waals surface area contributed by atoms with Crippen molar-refractivity contribution in [1.82, 2.24) is 0 Å². The molecule has 0 amide bonds. The molecule has 0 aromatic heterocycles. The molecule has 82 valence electrons. The maximum absolute atomic E-state index is 10.8. The predicted molar refractivity (Wildman–Crippen MR) is 56.1 cm³/mol. The summed E-state index contributed by atoms with van der Waals surface area (Å²) in [6, 6.07) is 7.51. The summed E-state index contributed by atoms with van der Waals surface area (Å²) in [6.07, 6.45) is 0.841. The Balaban J connectivity index is 2.44. The van der Waals surface area contributed by atoms with Crippen molar-refractivity contribution in [3.63, 3.8) is 0 Å². The second-order valence-electron chi connectivity index (χ2n) is 3.71. The Labute approximate surface area is 91.8 Å². The molecule has 0 atom stereocenters. The number of carboxylic acid groups (broad SMARTS) is 2. The van der Waals surface area contributed by atoms with E-state index in [1.807, 2.05) is 24.3 Å². The van der Waals surface area contributed by atoms with Crippen LogP contribution in [0.25, 0.3) is 0 Å². The second kappa shape index (κ2) is 3.81.